The van der Waals surface area contributed by atoms with E-state index in [0.29, 0.717) is 19.7 Å². The number of ether oxygens (including phenoxy) is 1. The van der Waals surface area contributed by atoms with Gasteiger partial charge in [0.05, 0.1) is 13.2 Å². The molecule has 20 heavy (non-hydrogen) atoms. The number of aryl methyl sites for hydroxylation is 1. The van der Waals surface area contributed by atoms with Crippen LogP contribution in [0.25, 0.3) is 0 Å². The monoisotopic (exact) mass is 293 g/mol. The highest BCUT2D eigenvalue weighted by atomic mass is 32.2. The summed E-state index contributed by atoms with van der Waals surface area (Å²) in [7, 11) is 0. The molecule has 7 heteroatoms. The first kappa shape index (κ1) is 14.8. The van der Waals surface area contributed by atoms with Crippen LogP contribution >= 0.6 is 11.8 Å². The zero-order valence-corrected chi connectivity index (χ0v) is 12.3. The van der Waals surface area contributed by atoms with Gasteiger partial charge in [-0.2, -0.15) is 0 Å². The first-order valence-corrected chi connectivity index (χ1v) is 7.56. The zero-order valence-electron chi connectivity index (χ0n) is 11.5. The van der Waals surface area contributed by atoms with E-state index in [-0.39, 0.29) is 0 Å². The van der Waals surface area contributed by atoms with Crippen LogP contribution in [0, 0.1) is 6.92 Å². The highest BCUT2D eigenvalue weighted by molar-refractivity contribution is 7.99. The number of aromatic nitrogens is 4. The van der Waals surface area contributed by atoms with Crippen LogP contribution in [0.4, 0.5) is 0 Å². The first-order chi connectivity index (χ1) is 9.79. The Bertz CT molecular complexity index is 531. The number of thioether (sulfide) groups is 1. The summed E-state index contributed by atoms with van der Waals surface area (Å²) in [6.45, 7) is 3.93. The summed E-state index contributed by atoms with van der Waals surface area (Å²) < 4.78 is 7.42. The maximum atomic E-state index is 5.69. The lowest BCUT2D eigenvalue weighted by molar-refractivity contribution is 0.318. The van der Waals surface area contributed by atoms with E-state index in [1.807, 2.05) is 18.2 Å². The fourth-order valence-electron chi connectivity index (χ4n) is 1.68. The quantitative estimate of drug-likeness (QED) is 0.587. The van der Waals surface area contributed by atoms with Crippen LogP contribution in [-0.2, 0) is 6.54 Å². The summed E-state index contributed by atoms with van der Waals surface area (Å²) in [6, 6.07) is 8.07. The second-order valence-electron chi connectivity index (χ2n) is 4.34. The molecule has 0 saturated carbocycles. The summed E-state index contributed by atoms with van der Waals surface area (Å²) in [6.07, 6.45) is 0.939. The lowest BCUT2D eigenvalue weighted by atomic mass is 10.2. The molecule has 2 N–H and O–H groups in total. The molecule has 1 aromatic carbocycles. The number of nitrogens with zero attached hydrogens (tertiary/aromatic N) is 4. The van der Waals surface area contributed by atoms with Crippen LogP contribution in [0.2, 0.25) is 0 Å². The van der Waals surface area contributed by atoms with Gasteiger partial charge in [-0.05, 0) is 41.5 Å². The molecular formula is C13H19N5OS. The molecule has 1 heterocycles. The van der Waals surface area contributed by atoms with E-state index in [1.54, 1.807) is 16.4 Å². The van der Waals surface area contributed by atoms with Crippen molar-refractivity contribution in [3.05, 3.63) is 29.8 Å². The van der Waals surface area contributed by atoms with Gasteiger partial charge in [-0.25, -0.2) is 4.68 Å². The maximum absolute atomic E-state index is 5.69. The van der Waals surface area contributed by atoms with Crippen LogP contribution in [0.15, 0.2) is 29.4 Å². The number of rotatable bonds is 8. The zero-order chi connectivity index (χ0) is 14.2. The Labute approximate surface area is 122 Å². The van der Waals surface area contributed by atoms with Gasteiger partial charge in [0.25, 0.3) is 0 Å². The van der Waals surface area contributed by atoms with E-state index in [0.717, 1.165) is 23.1 Å². The van der Waals surface area contributed by atoms with Crippen LogP contribution in [0.1, 0.15) is 12.0 Å². The van der Waals surface area contributed by atoms with Crippen molar-refractivity contribution < 1.29 is 4.74 Å². The molecule has 0 amide bonds. The van der Waals surface area contributed by atoms with Crippen molar-refractivity contribution in [2.75, 3.05) is 18.9 Å². The van der Waals surface area contributed by atoms with E-state index in [9.17, 15) is 0 Å². The van der Waals surface area contributed by atoms with Gasteiger partial charge in [0.2, 0.25) is 5.16 Å². The number of benzene rings is 1. The third-order valence-corrected chi connectivity index (χ3v) is 3.66. The Kier molecular flexibility index (Phi) is 5.82. The average molecular weight is 293 g/mol. The van der Waals surface area contributed by atoms with Crippen LogP contribution < -0.4 is 10.5 Å². The smallest absolute Gasteiger partial charge is 0.209 e. The van der Waals surface area contributed by atoms with Crippen molar-refractivity contribution in [2.45, 2.75) is 25.0 Å². The fraction of sp³-hybridized carbons (Fsp3) is 0.462. The third kappa shape index (κ3) is 4.50. The van der Waals surface area contributed by atoms with Gasteiger partial charge in [-0.1, -0.05) is 23.9 Å². The summed E-state index contributed by atoms with van der Waals surface area (Å²) in [5.41, 5.74) is 6.70. The summed E-state index contributed by atoms with van der Waals surface area (Å²) in [5.74, 6) is 1.83. The minimum atomic E-state index is 0.537. The van der Waals surface area contributed by atoms with E-state index in [4.69, 9.17) is 10.5 Å². The second kappa shape index (κ2) is 7.86. The molecular weight excluding hydrogens is 274 g/mol. The molecule has 0 unspecified atom stereocenters. The second-order valence-corrected chi connectivity index (χ2v) is 5.40. The molecule has 6 nitrogen and oxygen atoms in total. The normalized spacial score (nSPS) is 10.7. The summed E-state index contributed by atoms with van der Waals surface area (Å²) in [4.78, 5) is 0. The minimum absolute atomic E-state index is 0.537. The predicted octanol–water partition coefficient (Wildman–Crippen LogP) is 1.50. The van der Waals surface area contributed by atoms with Gasteiger partial charge in [-0.3, -0.25) is 0 Å². The molecule has 0 spiro atoms. The molecule has 2 rings (SSSR count). The molecule has 1 aromatic heterocycles. The average Bonchev–Trinajstić information content (AvgIpc) is 2.86. The van der Waals surface area contributed by atoms with Crippen LogP contribution in [0.3, 0.4) is 0 Å². The lowest BCUT2D eigenvalue weighted by Crippen LogP contribution is -2.12. The number of tetrazole rings is 1. The Morgan fingerprint density at radius 1 is 1.40 bits per heavy atom. The largest absolute Gasteiger partial charge is 0.494 e. The highest BCUT2D eigenvalue weighted by Gasteiger charge is 2.05. The van der Waals surface area contributed by atoms with Crippen molar-refractivity contribution in [1.29, 1.82) is 0 Å². The SMILES string of the molecule is Cc1cccc(OCCCSc2nnnn2CCN)c1. The van der Waals surface area contributed by atoms with Gasteiger partial charge in [0, 0.05) is 12.3 Å². The first-order valence-electron chi connectivity index (χ1n) is 6.58. The fourth-order valence-corrected chi connectivity index (χ4v) is 2.50. The predicted molar refractivity (Wildman–Crippen MR) is 78.9 cm³/mol. The number of hydrogen-bond acceptors (Lipinski definition) is 6. The van der Waals surface area contributed by atoms with Gasteiger partial charge < -0.3 is 10.5 Å². The van der Waals surface area contributed by atoms with Gasteiger partial charge >= 0.3 is 0 Å². The lowest BCUT2D eigenvalue weighted by Gasteiger charge is -2.06. The number of nitrogens with two attached hydrogens (primary N) is 1. The van der Waals surface area contributed by atoms with Crippen LogP contribution in [0.5, 0.6) is 5.75 Å². The third-order valence-electron chi connectivity index (χ3n) is 2.62. The Morgan fingerprint density at radius 2 is 2.30 bits per heavy atom. The van der Waals surface area contributed by atoms with Gasteiger partial charge in [0.1, 0.15) is 5.75 Å². The molecule has 0 aliphatic heterocycles. The standard InChI is InChI=1S/C13H19N5OS/c1-11-4-2-5-12(10-11)19-8-3-9-20-13-15-16-17-18(13)7-6-14/h2,4-5,10H,3,6-9,14H2,1H3. The van der Waals surface area contributed by atoms with E-state index >= 15 is 0 Å². The topological polar surface area (TPSA) is 78.9 Å². The molecule has 0 bridgehead atoms. The molecule has 2 aromatic rings. The Morgan fingerprint density at radius 3 is 3.10 bits per heavy atom. The van der Waals surface area contributed by atoms with Crippen molar-refractivity contribution in [1.82, 2.24) is 20.2 Å². The van der Waals surface area contributed by atoms with E-state index in [1.165, 1.54) is 5.56 Å². The highest BCUT2D eigenvalue weighted by Crippen LogP contribution is 2.16. The molecule has 0 atom stereocenters. The van der Waals surface area contributed by atoms with E-state index in [2.05, 4.69) is 28.5 Å². The molecule has 0 aliphatic carbocycles. The molecule has 0 radical (unpaired) electrons. The molecule has 108 valence electrons. The Hall–Kier alpha value is -1.60. The van der Waals surface area contributed by atoms with Crippen molar-refractivity contribution in [3.63, 3.8) is 0 Å². The summed E-state index contributed by atoms with van der Waals surface area (Å²) in [5, 5.41) is 12.3. The minimum Gasteiger partial charge on any atom is -0.494 e. The van der Waals surface area contributed by atoms with Crippen molar-refractivity contribution in [2.24, 2.45) is 5.73 Å². The maximum Gasteiger partial charge on any atom is 0.209 e. The van der Waals surface area contributed by atoms with Gasteiger partial charge in [-0.15, -0.1) is 5.10 Å². The van der Waals surface area contributed by atoms with Crippen molar-refractivity contribution >= 4 is 11.8 Å². The molecule has 0 aliphatic rings. The molecule has 0 fully saturated rings. The van der Waals surface area contributed by atoms with Crippen LogP contribution in [-0.4, -0.2) is 39.1 Å². The molecule has 0 saturated heterocycles. The van der Waals surface area contributed by atoms with Crippen molar-refractivity contribution in [3.8, 4) is 5.75 Å². The number of hydrogen-bond donors (Lipinski definition) is 1. The van der Waals surface area contributed by atoms with E-state index < -0.39 is 0 Å². The Balaban J connectivity index is 1.67. The summed E-state index contributed by atoms with van der Waals surface area (Å²) >= 11 is 1.62. The van der Waals surface area contributed by atoms with Gasteiger partial charge in [0.15, 0.2) is 0 Å².